The molecule has 1 saturated heterocycles. The third-order valence-corrected chi connectivity index (χ3v) is 3.16. The van der Waals surface area contributed by atoms with Crippen molar-refractivity contribution >= 4 is 23.3 Å². The summed E-state index contributed by atoms with van der Waals surface area (Å²) in [6.07, 6.45) is 2.63. The van der Waals surface area contributed by atoms with E-state index >= 15 is 0 Å². The number of ether oxygens (including phenoxy) is 1. The minimum Gasteiger partial charge on any atom is -0.378 e. The Morgan fingerprint density at radius 3 is 3.00 bits per heavy atom. The lowest BCUT2D eigenvalue weighted by Gasteiger charge is -2.22. The molecule has 0 atom stereocenters. The maximum atomic E-state index is 11.7. The molecule has 0 aliphatic carbocycles. The molecule has 1 aliphatic rings. The van der Waals surface area contributed by atoms with Crippen LogP contribution in [0.4, 0.5) is 5.82 Å². The van der Waals surface area contributed by atoms with Gasteiger partial charge in [-0.15, -0.1) is 0 Å². The zero-order valence-electron chi connectivity index (χ0n) is 10.7. The van der Waals surface area contributed by atoms with E-state index in [4.69, 9.17) is 16.3 Å². The molecule has 19 heavy (non-hydrogen) atoms. The lowest BCUT2D eigenvalue weighted by molar-refractivity contribution is -0.117. The summed E-state index contributed by atoms with van der Waals surface area (Å²) in [6, 6.07) is 5.12. The highest BCUT2D eigenvalue weighted by atomic mass is 35.5. The molecule has 5 nitrogen and oxygen atoms in total. The number of anilines is 1. The normalized spacial score (nSPS) is 16.3. The maximum Gasteiger partial charge on any atom is 0.227 e. The summed E-state index contributed by atoms with van der Waals surface area (Å²) in [6.45, 7) is 2.42. The highest BCUT2D eigenvalue weighted by Crippen LogP contribution is 2.10. The summed E-state index contributed by atoms with van der Waals surface area (Å²) in [5, 5.41) is 6.33. The molecule has 0 unspecified atom stereocenters. The van der Waals surface area contributed by atoms with Gasteiger partial charge in [0.1, 0.15) is 11.0 Å². The van der Waals surface area contributed by atoms with Crippen LogP contribution < -0.4 is 10.6 Å². The minimum absolute atomic E-state index is 0.108. The summed E-state index contributed by atoms with van der Waals surface area (Å²) in [5.41, 5.74) is 0. The smallest absolute Gasteiger partial charge is 0.227 e. The van der Waals surface area contributed by atoms with Crippen LogP contribution in [0.3, 0.4) is 0 Å². The predicted octanol–water partition coefficient (Wildman–Crippen LogP) is 1.83. The first-order valence-electron chi connectivity index (χ1n) is 6.49. The molecule has 6 heteroatoms. The van der Waals surface area contributed by atoms with Crippen molar-refractivity contribution in [3.63, 3.8) is 0 Å². The Labute approximate surface area is 117 Å². The Hall–Kier alpha value is -1.17. The van der Waals surface area contributed by atoms with Crippen molar-refractivity contribution in [3.8, 4) is 0 Å². The molecule has 0 aromatic carbocycles. The van der Waals surface area contributed by atoms with Crippen molar-refractivity contribution in [2.75, 3.05) is 25.0 Å². The number of carbonyl (C=O) groups excluding carboxylic acids is 1. The minimum atomic E-state index is -0.108. The van der Waals surface area contributed by atoms with Crippen molar-refractivity contribution in [1.82, 2.24) is 10.3 Å². The summed E-state index contributed by atoms with van der Waals surface area (Å²) >= 11 is 5.74. The molecule has 0 bridgehead atoms. The van der Waals surface area contributed by atoms with Gasteiger partial charge in [-0.2, -0.15) is 0 Å². The summed E-state index contributed by atoms with van der Waals surface area (Å²) in [7, 11) is 0. The molecule has 1 aliphatic heterocycles. The first kappa shape index (κ1) is 14.2. The van der Waals surface area contributed by atoms with E-state index < -0.39 is 0 Å². The quantitative estimate of drug-likeness (QED) is 0.810. The van der Waals surface area contributed by atoms with Gasteiger partial charge in [-0.25, -0.2) is 4.98 Å². The maximum absolute atomic E-state index is 11.7. The molecule has 2 heterocycles. The van der Waals surface area contributed by atoms with Gasteiger partial charge in [0.2, 0.25) is 5.91 Å². The molecule has 104 valence electrons. The fourth-order valence-corrected chi connectivity index (χ4v) is 2.13. The molecule has 0 spiro atoms. The second-order valence-corrected chi connectivity index (χ2v) is 4.85. The van der Waals surface area contributed by atoms with Gasteiger partial charge in [0.25, 0.3) is 0 Å². The van der Waals surface area contributed by atoms with Crippen LogP contribution in [0.25, 0.3) is 0 Å². The summed E-state index contributed by atoms with van der Waals surface area (Å²) in [5.74, 6) is 0.364. The topological polar surface area (TPSA) is 63.2 Å². The second-order valence-electron chi connectivity index (χ2n) is 4.46. The molecule has 1 aromatic heterocycles. The first-order valence-corrected chi connectivity index (χ1v) is 6.86. The van der Waals surface area contributed by atoms with Gasteiger partial charge in [-0.1, -0.05) is 17.7 Å². The Kier molecular flexibility index (Phi) is 5.57. The molecular weight excluding hydrogens is 266 g/mol. The number of pyridine rings is 1. The molecule has 1 amide bonds. The Morgan fingerprint density at radius 2 is 2.26 bits per heavy atom. The van der Waals surface area contributed by atoms with Gasteiger partial charge in [-0.05, 0) is 38.1 Å². The van der Waals surface area contributed by atoms with Gasteiger partial charge in [0.05, 0.1) is 19.1 Å². The average molecular weight is 284 g/mol. The molecule has 2 rings (SSSR count). The van der Waals surface area contributed by atoms with E-state index in [9.17, 15) is 4.79 Å². The van der Waals surface area contributed by atoms with Crippen LogP contribution in [-0.2, 0) is 9.53 Å². The van der Waals surface area contributed by atoms with Gasteiger partial charge in [-0.3, -0.25) is 4.79 Å². The number of amides is 1. The zero-order valence-corrected chi connectivity index (χ0v) is 11.4. The zero-order chi connectivity index (χ0) is 13.5. The van der Waals surface area contributed by atoms with Crippen molar-refractivity contribution in [2.45, 2.75) is 25.4 Å². The van der Waals surface area contributed by atoms with Crippen LogP contribution >= 0.6 is 11.6 Å². The van der Waals surface area contributed by atoms with Crippen LogP contribution in [0.1, 0.15) is 19.3 Å². The Morgan fingerprint density at radius 1 is 1.47 bits per heavy atom. The number of nitrogens with one attached hydrogen (secondary N) is 2. The highest BCUT2D eigenvalue weighted by molar-refractivity contribution is 6.29. The highest BCUT2D eigenvalue weighted by Gasteiger charge is 2.13. The molecule has 2 N–H and O–H groups in total. The molecule has 1 fully saturated rings. The van der Waals surface area contributed by atoms with Crippen LogP contribution in [0.15, 0.2) is 18.2 Å². The van der Waals surface area contributed by atoms with E-state index in [2.05, 4.69) is 15.6 Å². The number of halogens is 1. The van der Waals surface area contributed by atoms with E-state index in [0.717, 1.165) is 25.9 Å². The third kappa shape index (κ3) is 5.14. The Balaban J connectivity index is 1.67. The SMILES string of the molecule is O=C(CCOC1CCNCC1)Nc1cccc(Cl)n1. The fourth-order valence-electron chi connectivity index (χ4n) is 1.96. The third-order valence-electron chi connectivity index (χ3n) is 2.95. The summed E-state index contributed by atoms with van der Waals surface area (Å²) < 4.78 is 5.67. The van der Waals surface area contributed by atoms with E-state index in [1.807, 2.05) is 0 Å². The van der Waals surface area contributed by atoms with Crippen molar-refractivity contribution < 1.29 is 9.53 Å². The van der Waals surface area contributed by atoms with Crippen LogP contribution in [-0.4, -0.2) is 36.7 Å². The largest absolute Gasteiger partial charge is 0.378 e. The monoisotopic (exact) mass is 283 g/mol. The van der Waals surface area contributed by atoms with E-state index in [0.29, 0.717) is 24.0 Å². The average Bonchev–Trinajstić information content (AvgIpc) is 2.40. The number of hydrogen-bond donors (Lipinski definition) is 2. The van der Waals surface area contributed by atoms with E-state index in [-0.39, 0.29) is 12.0 Å². The fraction of sp³-hybridized carbons (Fsp3) is 0.538. The van der Waals surface area contributed by atoms with Crippen molar-refractivity contribution in [2.24, 2.45) is 0 Å². The van der Waals surface area contributed by atoms with Gasteiger partial charge in [0, 0.05) is 0 Å². The van der Waals surface area contributed by atoms with Crippen LogP contribution in [0.2, 0.25) is 5.15 Å². The van der Waals surface area contributed by atoms with Gasteiger partial charge in [0.15, 0.2) is 0 Å². The van der Waals surface area contributed by atoms with Crippen molar-refractivity contribution in [1.29, 1.82) is 0 Å². The predicted molar refractivity (Wildman–Crippen MR) is 74.3 cm³/mol. The molecule has 0 radical (unpaired) electrons. The number of piperidine rings is 1. The number of aromatic nitrogens is 1. The van der Waals surface area contributed by atoms with Gasteiger partial charge >= 0.3 is 0 Å². The van der Waals surface area contributed by atoms with Crippen LogP contribution in [0.5, 0.6) is 0 Å². The van der Waals surface area contributed by atoms with E-state index in [1.165, 1.54) is 0 Å². The number of nitrogens with zero attached hydrogens (tertiary/aromatic N) is 1. The van der Waals surface area contributed by atoms with E-state index in [1.54, 1.807) is 18.2 Å². The lowest BCUT2D eigenvalue weighted by Crippen LogP contribution is -2.33. The molecule has 1 aromatic rings. The standard InChI is InChI=1S/C13H18ClN3O2/c14-11-2-1-3-12(16-11)17-13(18)6-9-19-10-4-7-15-8-5-10/h1-3,10,15H,4-9H2,(H,16,17,18). The summed E-state index contributed by atoms with van der Waals surface area (Å²) in [4.78, 5) is 15.7. The molecular formula is C13H18ClN3O2. The molecule has 0 saturated carbocycles. The van der Waals surface area contributed by atoms with Crippen LogP contribution in [0, 0.1) is 0 Å². The van der Waals surface area contributed by atoms with Crippen molar-refractivity contribution in [3.05, 3.63) is 23.4 Å². The number of rotatable bonds is 5. The Bertz CT molecular complexity index is 422. The number of carbonyl (C=O) groups is 1. The second kappa shape index (κ2) is 7.43. The first-order chi connectivity index (χ1) is 9.24. The van der Waals surface area contributed by atoms with Gasteiger partial charge < -0.3 is 15.4 Å². The lowest BCUT2D eigenvalue weighted by atomic mass is 10.1. The number of hydrogen-bond acceptors (Lipinski definition) is 4.